The lowest BCUT2D eigenvalue weighted by Crippen LogP contribution is -2.34. The average Bonchev–Trinajstić information content (AvgIpc) is 3.59. The van der Waals surface area contributed by atoms with E-state index < -0.39 is 12.2 Å². The van der Waals surface area contributed by atoms with Gasteiger partial charge in [-0.3, -0.25) is 0 Å². The lowest BCUT2D eigenvalue weighted by Gasteiger charge is -2.38. The van der Waals surface area contributed by atoms with Crippen molar-refractivity contribution in [2.24, 2.45) is 5.10 Å². The first-order valence-corrected chi connectivity index (χ1v) is 12.2. The molecule has 0 aliphatic carbocycles. The van der Waals surface area contributed by atoms with Crippen LogP contribution in [0.5, 0.6) is 17.2 Å². The number of hydrogen-bond donors (Lipinski definition) is 0. The Morgan fingerprint density at radius 3 is 2.58 bits per heavy atom. The van der Waals surface area contributed by atoms with Gasteiger partial charge in [0.2, 0.25) is 6.23 Å². The lowest BCUT2D eigenvalue weighted by atomic mass is 9.97. The number of hydrogen-bond acceptors (Lipinski definition) is 7. The molecule has 0 fully saturated rings. The van der Waals surface area contributed by atoms with Gasteiger partial charge in [-0.2, -0.15) is 5.10 Å². The first kappa shape index (κ1) is 22.4. The Kier molecular flexibility index (Phi) is 5.73. The van der Waals surface area contributed by atoms with Gasteiger partial charge in [0, 0.05) is 22.0 Å². The number of carbonyl (C=O) groups is 1. The minimum absolute atomic E-state index is 0.0687. The molecule has 4 aromatic rings. The highest BCUT2D eigenvalue weighted by Gasteiger charge is 2.43. The van der Waals surface area contributed by atoms with Gasteiger partial charge in [0.25, 0.3) is 0 Å². The Balaban J connectivity index is 1.34. The minimum atomic E-state index is -0.510. The summed E-state index contributed by atoms with van der Waals surface area (Å²) < 4.78 is 24.2. The number of nitrogens with zero attached hydrogens (tertiary/aromatic N) is 2. The number of esters is 1. The largest absolute Gasteiger partial charge is 0.493 e. The van der Waals surface area contributed by atoms with Gasteiger partial charge in [-0.25, -0.2) is 9.80 Å². The van der Waals surface area contributed by atoms with E-state index in [0.29, 0.717) is 29.2 Å². The molecule has 2 unspecified atom stereocenters. The van der Waals surface area contributed by atoms with E-state index in [9.17, 15) is 4.79 Å². The van der Waals surface area contributed by atoms with E-state index in [1.807, 2.05) is 47.5 Å². The molecule has 2 aliphatic heterocycles. The van der Waals surface area contributed by atoms with E-state index >= 15 is 0 Å². The smallest absolute Gasteiger partial charge is 0.343 e. The molecule has 1 aromatic heterocycles. The highest BCUT2D eigenvalue weighted by Crippen LogP contribution is 2.51. The van der Waals surface area contributed by atoms with Crippen molar-refractivity contribution in [2.75, 3.05) is 7.11 Å². The topological polar surface area (TPSA) is 73.5 Å². The third kappa shape index (κ3) is 4.03. The van der Waals surface area contributed by atoms with Crippen LogP contribution in [-0.4, -0.2) is 23.8 Å². The van der Waals surface area contributed by atoms with Crippen molar-refractivity contribution >= 4 is 27.6 Å². The number of rotatable bonds is 5. The quantitative estimate of drug-likeness (QED) is 0.210. The van der Waals surface area contributed by atoms with E-state index in [1.165, 1.54) is 0 Å². The van der Waals surface area contributed by atoms with Crippen LogP contribution in [0.1, 0.15) is 45.9 Å². The molecule has 2 aliphatic rings. The van der Waals surface area contributed by atoms with Crippen LogP contribution in [0.4, 0.5) is 0 Å². The molecule has 0 N–H and O–H groups in total. The molecule has 8 heteroatoms. The SMILES string of the molecule is COc1cc(Br)cc2c1OC(c1ccc(OC(=O)c3ccccc3)cc1)N1N=C(c3ccco3)CC21. The van der Waals surface area contributed by atoms with Crippen LogP contribution in [0.25, 0.3) is 0 Å². The van der Waals surface area contributed by atoms with Crippen LogP contribution in [0.2, 0.25) is 0 Å². The van der Waals surface area contributed by atoms with Gasteiger partial charge >= 0.3 is 5.97 Å². The highest BCUT2D eigenvalue weighted by atomic mass is 79.9. The Morgan fingerprint density at radius 2 is 1.86 bits per heavy atom. The summed E-state index contributed by atoms with van der Waals surface area (Å²) >= 11 is 3.59. The number of halogens is 1. The fourth-order valence-corrected chi connectivity index (χ4v) is 4.98. The van der Waals surface area contributed by atoms with Gasteiger partial charge in [0.15, 0.2) is 11.5 Å². The first-order valence-electron chi connectivity index (χ1n) is 11.4. The molecule has 6 rings (SSSR count). The molecule has 0 saturated carbocycles. The van der Waals surface area contributed by atoms with E-state index in [0.717, 1.165) is 27.1 Å². The van der Waals surface area contributed by atoms with Gasteiger partial charge in [0.1, 0.15) is 17.2 Å². The monoisotopic (exact) mass is 544 g/mol. The summed E-state index contributed by atoms with van der Waals surface area (Å²) in [5, 5.41) is 6.85. The summed E-state index contributed by atoms with van der Waals surface area (Å²) in [6.45, 7) is 0. The molecule has 0 saturated heterocycles. The van der Waals surface area contributed by atoms with Crippen molar-refractivity contribution in [2.45, 2.75) is 18.7 Å². The number of carbonyl (C=O) groups excluding carboxylic acids is 1. The zero-order valence-corrected chi connectivity index (χ0v) is 20.8. The van der Waals surface area contributed by atoms with Gasteiger partial charge in [-0.1, -0.05) is 34.1 Å². The van der Waals surface area contributed by atoms with Crippen LogP contribution in [0, 0.1) is 0 Å². The Morgan fingerprint density at radius 1 is 1.06 bits per heavy atom. The molecular formula is C28H21BrN2O5. The molecule has 0 spiro atoms. The summed E-state index contributed by atoms with van der Waals surface area (Å²) in [5.41, 5.74) is 3.18. The second-order valence-corrected chi connectivity index (χ2v) is 9.36. The van der Waals surface area contributed by atoms with Crippen molar-refractivity contribution in [3.05, 3.63) is 112 Å². The third-order valence-electron chi connectivity index (χ3n) is 6.23. The van der Waals surface area contributed by atoms with Gasteiger partial charge in [-0.15, -0.1) is 0 Å². The zero-order chi connectivity index (χ0) is 24.6. The van der Waals surface area contributed by atoms with E-state index in [4.69, 9.17) is 23.7 Å². The maximum absolute atomic E-state index is 12.4. The normalized spacial score (nSPS) is 18.1. The second kappa shape index (κ2) is 9.20. The van der Waals surface area contributed by atoms with Crippen LogP contribution >= 0.6 is 15.9 Å². The summed E-state index contributed by atoms with van der Waals surface area (Å²) in [5.74, 6) is 2.10. The summed E-state index contributed by atoms with van der Waals surface area (Å²) in [6, 6.07) is 23.8. The molecule has 0 bridgehead atoms. The maximum atomic E-state index is 12.4. The molecule has 0 radical (unpaired) electrons. The Bertz CT molecular complexity index is 1440. The van der Waals surface area contributed by atoms with E-state index in [1.54, 1.807) is 49.8 Å². The number of hydrazone groups is 1. The maximum Gasteiger partial charge on any atom is 0.343 e. The van der Waals surface area contributed by atoms with E-state index in [2.05, 4.69) is 15.9 Å². The molecule has 180 valence electrons. The van der Waals surface area contributed by atoms with Gasteiger partial charge < -0.3 is 18.6 Å². The predicted octanol–water partition coefficient (Wildman–Crippen LogP) is 6.51. The van der Waals surface area contributed by atoms with Gasteiger partial charge in [0.05, 0.1) is 25.0 Å². The summed E-state index contributed by atoms with van der Waals surface area (Å²) in [4.78, 5) is 12.4. The predicted molar refractivity (Wildman–Crippen MR) is 136 cm³/mol. The average molecular weight is 545 g/mol. The molecule has 3 heterocycles. The van der Waals surface area contributed by atoms with Crippen LogP contribution < -0.4 is 14.2 Å². The summed E-state index contributed by atoms with van der Waals surface area (Å²) in [6.07, 6.45) is 1.79. The molecule has 3 aromatic carbocycles. The van der Waals surface area contributed by atoms with Crippen molar-refractivity contribution in [3.63, 3.8) is 0 Å². The summed E-state index contributed by atoms with van der Waals surface area (Å²) in [7, 11) is 1.63. The zero-order valence-electron chi connectivity index (χ0n) is 19.3. The molecule has 36 heavy (non-hydrogen) atoms. The molecule has 7 nitrogen and oxygen atoms in total. The van der Waals surface area contributed by atoms with E-state index in [-0.39, 0.29) is 6.04 Å². The number of fused-ring (bicyclic) bond motifs is 3. The Labute approximate surface area is 216 Å². The fourth-order valence-electron chi connectivity index (χ4n) is 4.53. The van der Waals surface area contributed by atoms with Crippen molar-refractivity contribution < 1.29 is 23.4 Å². The van der Waals surface area contributed by atoms with Crippen molar-refractivity contribution in [1.82, 2.24) is 5.01 Å². The van der Waals surface area contributed by atoms with Crippen LogP contribution in [0.15, 0.2) is 99.1 Å². The lowest BCUT2D eigenvalue weighted by molar-refractivity contribution is -0.0209. The minimum Gasteiger partial charge on any atom is -0.493 e. The van der Waals surface area contributed by atoms with Crippen molar-refractivity contribution in [1.29, 1.82) is 0 Å². The van der Waals surface area contributed by atoms with Crippen LogP contribution in [0.3, 0.4) is 0 Å². The number of ether oxygens (including phenoxy) is 3. The molecular weight excluding hydrogens is 524 g/mol. The molecule has 0 amide bonds. The fraction of sp³-hybridized carbons (Fsp3) is 0.143. The Hall–Kier alpha value is -4.04. The standard InChI is InChI=1S/C28H21BrN2O5/c1-33-25-15-19(29)14-21-23-16-22(24-8-5-13-34-24)30-31(23)27(36-26(21)25)17-9-11-20(12-10-17)35-28(32)18-6-3-2-4-7-18/h2-15,23,27H,16H2,1H3. The number of benzene rings is 3. The van der Waals surface area contributed by atoms with Crippen LogP contribution in [-0.2, 0) is 0 Å². The second-order valence-electron chi connectivity index (χ2n) is 8.45. The third-order valence-corrected chi connectivity index (χ3v) is 6.69. The van der Waals surface area contributed by atoms with Gasteiger partial charge in [-0.05, 0) is 60.7 Å². The highest BCUT2D eigenvalue weighted by molar-refractivity contribution is 9.10. The first-order chi connectivity index (χ1) is 17.6. The number of methoxy groups -OCH3 is 1. The number of furan rings is 1. The molecule has 2 atom stereocenters. The van der Waals surface area contributed by atoms with Crippen molar-refractivity contribution in [3.8, 4) is 17.2 Å².